The van der Waals surface area contributed by atoms with Crippen LogP contribution in [0.3, 0.4) is 0 Å². The molecule has 1 aromatic carbocycles. The highest BCUT2D eigenvalue weighted by Gasteiger charge is 2.33. The van der Waals surface area contributed by atoms with Crippen molar-refractivity contribution in [2.75, 3.05) is 30.8 Å². The van der Waals surface area contributed by atoms with Gasteiger partial charge in [-0.1, -0.05) is 19.9 Å². The number of nitriles is 1. The highest BCUT2D eigenvalue weighted by atomic mass is 32.2. The summed E-state index contributed by atoms with van der Waals surface area (Å²) in [6.07, 6.45) is 2.60. The normalized spacial score (nSPS) is 15.7. The molecule has 0 unspecified atom stereocenters. The van der Waals surface area contributed by atoms with Crippen LogP contribution in [0.1, 0.15) is 37.4 Å². The molecule has 0 radical (unpaired) electrons. The lowest BCUT2D eigenvalue weighted by Crippen LogP contribution is -2.51. The van der Waals surface area contributed by atoms with Crippen LogP contribution in [0.15, 0.2) is 46.2 Å². The Morgan fingerprint density at radius 1 is 1.21 bits per heavy atom. The Kier molecular flexibility index (Phi) is 7.93. The standard InChI is InChI=1S/C30H30F2N6O4S/c1-16(2)24-26(17(3)9-11-35-24)38-29-19(14-21(32)25(36-29)23-20(31)6-5-7-22(23)39)27(28(30(38)40)43(4,41)42)37-13-12-34-18(15-37)8-10-33/h5-7,9,11,14,16,18,34,39H,8,12-13,15H2,1-4H3/t18-/m0/s1. The molecule has 43 heavy (non-hydrogen) atoms. The van der Waals surface area contributed by atoms with Crippen molar-refractivity contribution in [2.24, 2.45) is 0 Å². The summed E-state index contributed by atoms with van der Waals surface area (Å²) >= 11 is 0. The summed E-state index contributed by atoms with van der Waals surface area (Å²) in [6.45, 7) is 6.23. The van der Waals surface area contributed by atoms with E-state index < -0.39 is 48.9 Å². The van der Waals surface area contributed by atoms with E-state index in [0.717, 1.165) is 23.0 Å². The summed E-state index contributed by atoms with van der Waals surface area (Å²) in [6, 6.07) is 7.91. The number of piperazine rings is 1. The number of nitrogens with one attached hydrogen (secondary N) is 1. The van der Waals surface area contributed by atoms with Gasteiger partial charge in [0.05, 0.1) is 35.1 Å². The van der Waals surface area contributed by atoms with Gasteiger partial charge in [0, 0.05) is 43.5 Å². The average molecular weight is 609 g/mol. The van der Waals surface area contributed by atoms with Crippen molar-refractivity contribution in [1.29, 1.82) is 5.26 Å². The predicted octanol–water partition coefficient (Wildman–Crippen LogP) is 3.96. The van der Waals surface area contributed by atoms with Gasteiger partial charge in [-0.2, -0.15) is 5.26 Å². The number of benzene rings is 1. The zero-order valence-electron chi connectivity index (χ0n) is 24.0. The van der Waals surface area contributed by atoms with E-state index in [9.17, 15) is 28.0 Å². The average Bonchev–Trinajstić information content (AvgIpc) is 2.93. The van der Waals surface area contributed by atoms with Crippen molar-refractivity contribution >= 4 is 26.6 Å². The third-order valence-electron chi connectivity index (χ3n) is 7.47. The molecule has 3 aromatic heterocycles. The first-order chi connectivity index (χ1) is 20.3. The minimum Gasteiger partial charge on any atom is -0.507 e. The maximum absolute atomic E-state index is 16.0. The number of anilines is 1. The number of phenolic OH excluding ortho intramolecular Hbond substituents is 1. The Bertz CT molecular complexity index is 1950. The molecule has 2 N–H and O–H groups in total. The second-order valence-corrected chi connectivity index (χ2v) is 12.8. The molecule has 0 aliphatic carbocycles. The molecule has 10 nitrogen and oxygen atoms in total. The number of hydrogen-bond donors (Lipinski definition) is 2. The van der Waals surface area contributed by atoms with Crippen molar-refractivity contribution in [1.82, 2.24) is 19.9 Å². The van der Waals surface area contributed by atoms with E-state index >= 15 is 4.39 Å². The minimum absolute atomic E-state index is 0.00679. The molecule has 224 valence electrons. The van der Waals surface area contributed by atoms with Crippen LogP contribution >= 0.6 is 0 Å². The molecule has 5 rings (SSSR count). The number of aromatic nitrogens is 3. The molecule has 1 saturated heterocycles. The van der Waals surface area contributed by atoms with Gasteiger partial charge in [0.15, 0.2) is 26.2 Å². The number of halogens is 2. The van der Waals surface area contributed by atoms with E-state index in [-0.39, 0.29) is 53.9 Å². The molecule has 13 heteroatoms. The van der Waals surface area contributed by atoms with E-state index in [4.69, 9.17) is 0 Å². The first kappa shape index (κ1) is 30.1. The molecular weight excluding hydrogens is 578 g/mol. The Hall–Kier alpha value is -4.41. The monoisotopic (exact) mass is 608 g/mol. The largest absolute Gasteiger partial charge is 0.507 e. The molecule has 0 spiro atoms. The topological polar surface area (TPSA) is 141 Å². The number of sulfone groups is 1. The van der Waals surface area contributed by atoms with Crippen LogP contribution in [0, 0.1) is 29.9 Å². The van der Waals surface area contributed by atoms with Crippen molar-refractivity contribution < 1.29 is 22.3 Å². The molecule has 1 fully saturated rings. The molecule has 0 saturated carbocycles. The lowest BCUT2D eigenvalue weighted by molar-refractivity contribution is 0.461. The Morgan fingerprint density at radius 2 is 1.95 bits per heavy atom. The third-order valence-corrected chi connectivity index (χ3v) is 8.58. The van der Waals surface area contributed by atoms with Crippen LogP contribution in [-0.4, -0.2) is 60.0 Å². The number of fused-ring (bicyclic) bond motifs is 1. The third kappa shape index (κ3) is 5.32. The predicted molar refractivity (Wildman–Crippen MR) is 158 cm³/mol. The summed E-state index contributed by atoms with van der Waals surface area (Å²) in [5, 5.41) is 23.0. The highest BCUT2D eigenvalue weighted by molar-refractivity contribution is 7.90. The van der Waals surface area contributed by atoms with Crippen LogP contribution in [0.25, 0.3) is 28.0 Å². The van der Waals surface area contributed by atoms with Crippen LogP contribution < -0.4 is 15.8 Å². The zero-order valence-corrected chi connectivity index (χ0v) is 24.8. The SMILES string of the molecule is Cc1ccnc(C(C)C)c1-n1c(=O)c(S(C)(=O)=O)c(N2CCN[C@@H](CC#N)C2)c2cc(F)c(-c3c(O)cccc3F)nc21. The van der Waals surface area contributed by atoms with Gasteiger partial charge in [-0.3, -0.25) is 14.3 Å². The fraction of sp³-hybridized carbons (Fsp3) is 0.333. The summed E-state index contributed by atoms with van der Waals surface area (Å²) in [5.41, 5.74) is -0.857. The summed E-state index contributed by atoms with van der Waals surface area (Å²) in [7, 11) is -4.23. The summed E-state index contributed by atoms with van der Waals surface area (Å²) in [4.78, 5) is 24.5. The van der Waals surface area contributed by atoms with Crippen LogP contribution in [-0.2, 0) is 9.84 Å². The Balaban J connectivity index is 2.01. The minimum atomic E-state index is -4.23. The Morgan fingerprint density at radius 3 is 2.60 bits per heavy atom. The molecule has 4 heterocycles. The molecule has 4 aromatic rings. The van der Waals surface area contributed by atoms with Gasteiger partial charge >= 0.3 is 0 Å². The first-order valence-electron chi connectivity index (χ1n) is 13.6. The van der Waals surface area contributed by atoms with Crippen LogP contribution in [0.4, 0.5) is 14.5 Å². The molecule has 1 aliphatic heterocycles. The maximum Gasteiger partial charge on any atom is 0.277 e. The van der Waals surface area contributed by atoms with Gasteiger partial charge < -0.3 is 15.3 Å². The van der Waals surface area contributed by atoms with Gasteiger partial charge in [-0.15, -0.1) is 0 Å². The number of aromatic hydroxyl groups is 1. The quantitative estimate of drug-likeness (QED) is 0.333. The van der Waals surface area contributed by atoms with Crippen LogP contribution in [0.2, 0.25) is 0 Å². The fourth-order valence-corrected chi connectivity index (χ4v) is 6.58. The summed E-state index contributed by atoms with van der Waals surface area (Å²) in [5.74, 6) is -2.74. The smallest absolute Gasteiger partial charge is 0.277 e. The second-order valence-electron chi connectivity index (χ2n) is 10.9. The Labute approximate surface area is 247 Å². The number of nitrogens with zero attached hydrogens (tertiary/aromatic N) is 5. The highest BCUT2D eigenvalue weighted by Crippen LogP contribution is 2.39. The van der Waals surface area contributed by atoms with Gasteiger partial charge in [-0.05, 0) is 42.7 Å². The van der Waals surface area contributed by atoms with Gasteiger partial charge in [0.25, 0.3) is 5.56 Å². The van der Waals surface area contributed by atoms with E-state index in [2.05, 4.69) is 21.4 Å². The summed E-state index contributed by atoms with van der Waals surface area (Å²) < 4.78 is 58.9. The van der Waals surface area contributed by atoms with Crippen LogP contribution in [0.5, 0.6) is 5.75 Å². The van der Waals surface area contributed by atoms with Gasteiger partial charge in [0.2, 0.25) is 0 Å². The van der Waals surface area contributed by atoms with Gasteiger partial charge in [0.1, 0.15) is 17.3 Å². The number of hydrogen-bond acceptors (Lipinski definition) is 9. The van der Waals surface area contributed by atoms with E-state index in [1.165, 1.54) is 12.1 Å². The van der Waals surface area contributed by atoms with Crippen molar-refractivity contribution in [3.05, 3.63) is 69.8 Å². The van der Waals surface area contributed by atoms with E-state index in [1.54, 1.807) is 24.1 Å². The fourth-order valence-electron chi connectivity index (χ4n) is 5.58. The van der Waals surface area contributed by atoms with Crippen molar-refractivity contribution in [3.8, 4) is 28.8 Å². The number of pyridine rings is 3. The zero-order chi connectivity index (χ0) is 31.2. The maximum atomic E-state index is 16.0. The molecule has 0 bridgehead atoms. The van der Waals surface area contributed by atoms with E-state index in [1.807, 2.05) is 13.8 Å². The molecule has 1 aliphatic rings. The van der Waals surface area contributed by atoms with E-state index in [0.29, 0.717) is 17.8 Å². The molecular formula is C30H30F2N6O4S. The molecule has 0 amide bonds. The number of phenols is 1. The van der Waals surface area contributed by atoms with Crippen molar-refractivity contribution in [3.63, 3.8) is 0 Å². The molecule has 1 atom stereocenters. The number of rotatable bonds is 6. The lowest BCUT2D eigenvalue weighted by Gasteiger charge is -2.36. The van der Waals surface area contributed by atoms with Gasteiger partial charge in [-0.25, -0.2) is 22.2 Å². The number of aryl methyl sites for hydroxylation is 1. The first-order valence-corrected chi connectivity index (χ1v) is 15.5. The lowest BCUT2D eigenvalue weighted by atomic mass is 10.0. The van der Waals surface area contributed by atoms with Crippen molar-refractivity contribution in [2.45, 2.75) is 44.0 Å². The second kappa shape index (κ2) is 11.3.